The third-order valence-corrected chi connectivity index (χ3v) is 3.47. The maximum Gasteiger partial charge on any atom is 0.258 e. The maximum absolute atomic E-state index is 12.4. The molecule has 2 heterocycles. The Kier molecular flexibility index (Phi) is 3.06. The van der Waals surface area contributed by atoms with Crippen LogP contribution in [-0.2, 0) is 13.1 Å². The summed E-state index contributed by atoms with van der Waals surface area (Å²) in [5.41, 5.74) is 0.283. The van der Waals surface area contributed by atoms with Crippen molar-refractivity contribution in [2.75, 3.05) is 13.7 Å². The van der Waals surface area contributed by atoms with Crippen LogP contribution < -0.4 is 4.74 Å². The van der Waals surface area contributed by atoms with Crippen molar-refractivity contribution in [3.63, 3.8) is 0 Å². The Morgan fingerprint density at radius 1 is 1.40 bits per heavy atom. The van der Waals surface area contributed by atoms with Gasteiger partial charge in [0.15, 0.2) is 0 Å². The number of carbonyl (C=O) groups is 1. The third-order valence-electron chi connectivity index (χ3n) is 3.47. The number of benzene rings is 1. The lowest BCUT2D eigenvalue weighted by atomic mass is 10.1. The minimum absolute atomic E-state index is 0.0664. The molecule has 104 valence electrons. The highest BCUT2D eigenvalue weighted by atomic mass is 16.5. The average Bonchev–Trinajstić information content (AvgIpc) is 2.93. The van der Waals surface area contributed by atoms with Gasteiger partial charge in [-0.2, -0.15) is 0 Å². The quantitative estimate of drug-likeness (QED) is 0.894. The number of nitrogens with zero attached hydrogens (tertiary/aromatic N) is 3. The molecular formula is C14H15N3O3. The van der Waals surface area contributed by atoms with E-state index in [2.05, 4.69) is 4.98 Å². The van der Waals surface area contributed by atoms with E-state index in [4.69, 9.17) is 4.74 Å². The monoisotopic (exact) mass is 273 g/mol. The minimum atomic E-state index is -0.195. The molecule has 2 aromatic rings. The first kappa shape index (κ1) is 12.5. The normalized spacial score (nSPS) is 13.9. The average molecular weight is 273 g/mol. The Morgan fingerprint density at radius 3 is 3.00 bits per heavy atom. The van der Waals surface area contributed by atoms with Crippen molar-refractivity contribution in [3.8, 4) is 11.5 Å². The summed E-state index contributed by atoms with van der Waals surface area (Å²) in [5.74, 6) is 1.12. The van der Waals surface area contributed by atoms with Gasteiger partial charge < -0.3 is 19.3 Å². The summed E-state index contributed by atoms with van der Waals surface area (Å²) in [6, 6.07) is 4.69. The van der Waals surface area contributed by atoms with Crippen LogP contribution in [0.4, 0.5) is 0 Å². The van der Waals surface area contributed by atoms with Gasteiger partial charge in [-0.15, -0.1) is 0 Å². The number of ether oxygens (including phenoxy) is 1. The number of amides is 1. The molecule has 6 heteroatoms. The number of fused-ring (bicyclic) bond motifs is 1. The fraction of sp³-hybridized carbons (Fsp3) is 0.286. The largest absolute Gasteiger partial charge is 0.507 e. The molecule has 3 rings (SSSR count). The van der Waals surface area contributed by atoms with Gasteiger partial charge in [0.25, 0.3) is 5.91 Å². The standard InChI is InChI=1S/C14H15N3O3/c1-20-10-2-3-11(12(18)8-10)14(19)17-7-6-16-5-4-15-13(16)9-17/h2-5,8,18H,6-7,9H2,1H3. The molecule has 0 spiro atoms. The zero-order valence-electron chi connectivity index (χ0n) is 11.1. The minimum Gasteiger partial charge on any atom is -0.507 e. The van der Waals surface area contributed by atoms with Crippen molar-refractivity contribution in [2.24, 2.45) is 0 Å². The summed E-state index contributed by atoms with van der Waals surface area (Å²) in [7, 11) is 1.51. The Bertz CT molecular complexity index is 651. The molecule has 0 atom stereocenters. The van der Waals surface area contributed by atoms with E-state index >= 15 is 0 Å². The fourth-order valence-electron chi connectivity index (χ4n) is 2.34. The highest BCUT2D eigenvalue weighted by molar-refractivity contribution is 5.97. The van der Waals surface area contributed by atoms with Crippen molar-refractivity contribution in [1.29, 1.82) is 0 Å². The fourth-order valence-corrected chi connectivity index (χ4v) is 2.34. The second-order valence-corrected chi connectivity index (χ2v) is 4.65. The number of methoxy groups -OCH3 is 1. The van der Waals surface area contributed by atoms with Crippen molar-refractivity contribution < 1.29 is 14.6 Å². The summed E-state index contributed by atoms with van der Waals surface area (Å²) in [6.45, 7) is 1.78. The number of rotatable bonds is 2. The highest BCUT2D eigenvalue weighted by Crippen LogP contribution is 2.25. The van der Waals surface area contributed by atoms with Crippen LogP contribution in [0.3, 0.4) is 0 Å². The molecule has 0 radical (unpaired) electrons. The molecule has 6 nitrogen and oxygen atoms in total. The van der Waals surface area contributed by atoms with Gasteiger partial charge in [0, 0.05) is 31.5 Å². The first-order valence-corrected chi connectivity index (χ1v) is 6.35. The van der Waals surface area contributed by atoms with E-state index in [1.807, 2.05) is 10.8 Å². The number of hydrogen-bond donors (Lipinski definition) is 1. The lowest BCUT2D eigenvalue weighted by Gasteiger charge is -2.28. The Balaban J connectivity index is 1.83. The Labute approximate surface area is 116 Å². The van der Waals surface area contributed by atoms with Gasteiger partial charge in [-0.05, 0) is 12.1 Å². The third kappa shape index (κ3) is 2.09. The first-order chi connectivity index (χ1) is 9.69. The molecule has 1 aliphatic heterocycles. The van der Waals surface area contributed by atoms with Crippen LogP contribution in [-0.4, -0.2) is 39.1 Å². The number of carbonyl (C=O) groups excluding carboxylic acids is 1. The van der Waals surface area contributed by atoms with Gasteiger partial charge in [-0.1, -0.05) is 0 Å². The van der Waals surface area contributed by atoms with Gasteiger partial charge in [0.1, 0.15) is 17.3 Å². The molecule has 1 aromatic heterocycles. The van der Waals surface area contributed by atoms with Crippen LogP contribution in [0, 0.1) is 0 Å². The van der Waals surface area contributed by atoms with Crippen molar-refractivity contribution in [3.05, 3.63) is 42.0 Å². The van der Waals surface area contributed by atoms with Gasteiger partial charge >= 0.3 is 0 Å². The molecule has 0 unspecified atom stereocenters. The Hall–Kier alpha value is -2.50. The highest BCUT2D eigenvalue weighted by Gasteiger charge is 2.24. The molecule has 0 aliphatic carbocycles. The van der Waals surface area contributed by atoms with Crippen LogP contribution in [0.1, 0.15) is 16.2 Å². The van der Waals surface area contributed by atoms with Crippen molar-refractivity contribution in [2.45, 2.75) is 13.1 Å². The van der Waals surface area contributed by atoms with Crippen molar-refractivity contribution >= 4 is 5.91 Å². The van der Waals surface area contributed by atoms with Crippen LogP contribution in [0.15, 0.2) is 30.6 Å². The van der Waals surface area contributed by atoms with Gasteiger partial charge in [0.2, 0.25) is 0 Å². The number of imidazole rings is 1. The summed E-state index contributed by atoms with van der Waals surface area (Å²) < 4.78 is 7.04. The van der Waals surface area contributed by atoms with E-state index in [9.17, 15) is 9.90 Å². The molecular weight excluding hydrogens is 258 g/mol. The van der Waals surface area contributed by atoms with Crippen LogP contribution in [0.2, 0.25) is 0 Å². The zero-order valence-corrected chi connectivity index (χ0v) is 11.1. The van der Waals surface area contributed by atoms with E-state index in [1.165, 1.54) is 13.2 Å². The topological polar surface area (TPSA) is 67.6 Å². The lowest BCUT2D eigenvalue weighted by molar-refractivity contribution is 0.0704. The first-order valence-electron chi connectivity index (χ1n) is 6.35. The summed E-state index contributed by atoms with van der Waals surface area (Å²) in [5, 5.41) is 9.93. The van der Waals surface area contributed by atoms with E-state index in [0.717, 1.165) is 12.4 Å². The number of phenols is 1. The van der Waals surface area contributed by atoms with Crippen molar-refractivity contribution in [1.82, 2.24) is 14.5 Å². The zero-order chi connectivity index (χ0) is 14.1. The molecule has 20 heavy (non-hydrogen) atoms. The molecule has 1 N–H and O–H groups in total. The van der Waals surface area contributed by atoms with Gasteiger partial charge in [-0.25, -0.2) is 4.98 Å². The van der Waals surface area contributed by atoms with E-state index in [0.29, 0.717) is 18.8 Å². The summed E-state index contributed by atoms with van der Waals surface area (Å²) >= 11 is 0. The predicted octanol–water partition coefficient (Wildman–Crippen LogP) is 1.25. The predicted molar refractivity (Wildman–Crippen MR) is 71.6 cm³/mol. The molecule has 0 saturated heterocycles. The second-order valence-electron chi connectivity index (χ2n) is 4.65. The van der Waals surface area contributed by atoms with Crippen LogP contribution in [0.25, 0.3) is 0 Å². The summed E-state index contributed by atoms with van der Waals surface area (Å²) in [6.07, 6.45) is 3.64. The van der Waals surface area contributed by atoms with Gasteiger partial charge in [0.05, 0.1) is 19.2 Å². The van der Waals surface area contributed by atoms with Crippen LogP contribution in [0.5, 0.6) is 11.5 Å². The summed E-state index contributed by atoms with van der Waals surface area (Å²) in [4.78, 5) is 18.3. The van der Waals surface area contributed by atoms with E-state index in [1.54, 1.807) is 23.2 Å². The SMILES string of the molecule is COc1ccc(C(=O)N2CCn3ccnc3C2)c(O)c1. The number of phenolic OH excluding ortho intramolecular Hbond substituents is 1. The maximum atomic E-state index is 12.4. The lowest BCUT2D eigenvalue weighted by Crippen LogP contribution is -2.38. The number of aromatic hydroxyl groups is 1. The Morgan fingerprint density at radius 2 is 2.25 bits per heavy atom. The smallest absolute Gasteiger partial charge is 0.258 e. The second kappa shape index (κ2) is 4.88. The number of hydrogen-bond acceptors (Lipinski definition) is 4. The molecule has 1 aromatic carbocycles. The number of aromatic nitrogens is 2. The molecule has 1 aliphatic rings. The molecule has 0 fully saturated rings. The van der Waals surface area contributed by atoms with Crippen LogP contribution >= 0.6 is 0 Å². The van der Waals surface area contributed by atoms with E-state index in [-0.39, 0.29) is 17.2 Å². The molecule has 0 bridgehead atoms. The van der Waals surface area contributed by atoms with E-state index < -0.39 is 0 Å². The molecule has 0 saturated carbocycles. The molecule has 1 amide bonds. The van der Waals surface area contributed by atoms with Gasteiger partial charge in [-0.3, -0.25) is 4.79 Å².